The van der Waals surface area contributed by atoms with Crippen LogP contribution in [0.2, 0.25) is 0 Å². The lowest BCUT2D eigenvalue weighted by Crippen LogP contribution is -2.31. The summed E-state index contributed by atoms with van der Waals surface area (Å²) in [5.74, 6) is 2.88. The number of aromatic nitrogens is 4. The van der Waals surface area contributed by atoms with Crippen LogP contribution in [0.4, 0.5) is 0 Å². The first kappa shape index (κ1) is 51.0. The number of benzene rings is 4. The molecule has 0 unspecified atom stereocenters. The van der Waals surface area contributed by atoms with Crippen LogP contribution in [0.1, 0.15) is 22.3 Å². The first-order chi connectivity index (χ1) is 31.0. The summed E-state index contributed by atoms with van der Waals surface area (Å²) in [4.78, 5) is 4.06. The van der Waals surface area contributed by atoms with E-state index in [4.69, 9.17) is 18.9 Å². The average Bonchev–Trinajstić information content (AvgIpc) is 3.96. The van der Waals surface area contributed by atoms with Crippen molar-refractivity contribution in [1.29, 1.82) is 0 Å². The third kappa shape index (κ3) is 14.7. The van der Waals surface area contributed by atoms with Crippen LogP contribution in [0.25, 0.3) is 0 Å². The van der Waals surface area contributed by atoms with E-state index < -0.39 is 20.0 Å². The number of likely N-dealkylation sites (N-methyl/N-ethyl adjacent to an activating group) is 2. The molecule has 0 saturated heterocycles. The zero-order chi connectivity index (χ0) is 47.1. The van der Waals surface area contributed by atoms with Crippen LogP contribution in [-0.2, 0) is 59.3 Å². The first-order valence-corrected chi connectivity index (χ1v) is 24.6. The maximum atomic E-state index is 13.7. The Morgan fingerprint density at radius 2 is 0.831 bits per heavy atom. The monoisotopic (exact) mass is 1040 g/mol. The van der Waals surface area contributed by atoms with Gasteiger partial charge in [0.05, 0.1) is 41.5 Å². The van der Waals surface area contributed by atoms with E-state index >= 15 is 0 Å². The molecule has 0 saturated carbocycles. The Balaban J connectivity index is 0.000000244. The number of ether oxygens (including phenoxy) is 4. The molecule has 0 aliphatic heterocycles. The van der Waals surface area contributed by atoms with Gasteiger partial charge in [0.2, 0.25) is 0 Å². The average molecular weight is 1040 g/mol. The molecule has 2 heterocycles. The van der Waals surface area contributed by atoms with E-state index in [1.165, 1.54) is 8.61 Å². The molecule has 0 aliphatic rings. The molecule has 0 radical (unpaired) electrons. The van der Waals surface area contributed by atoms with Gasteiger partial charge in [0, 0.05) is 51.5 Å². The molecule has 4 aromatic carbocycles. The fraction of sp³-hybridized carbons (Fsp3) is 0.348. The van der Waals surface area contributed by atoms with Crippen molar-refractivity contribution >= 4 is 42.6 Å². The van der Waals surface area contributed by atoms with E-state index in [2.05, 4.69) is 32.8 Å². The van der Waals surface area contributed by atoms with Crippen LogP contribution in [0.3, 0.4) is 0 Å². The van der Waals surface area contributed by atoms with E-state index in [-0.39, 0.29) is 36.2 Å². The highest BCUT2D eigenvalue weighted by atomic mass is 127. The van der Waals surface area contributed by atoms with Crippen LogP contribution >= 0.6 is 22.6 Å². The van der Waals surface area contributed by atoms with Crippen LogP contribution in [0, 0.1) is 3.70 Å². The number of hydrogen-bond donors (Lipinski definition) is 0. The molecule has 350 valence electrons. The Hall–Kier alpha value is -5.03. The molecule has 6 aromatic rings. The van der Waals surface area contributed by atoms with Gasteiger partial charge in [0.1, 0.15) is 26.7 Å². The number of sulfonamides is 2. The van der Waals surface area contributed by atoms with Gasteiger partial charge in [-0.25, -0.2) is 16.8 Å². The van der Waals surface area contributed by atoms with Crippen molar-refractivity contribution in [2.24, 2.45) is 0 Å². The number of rotatable bonds is 22. The number of methoxy groups -OCH3 is 4. The maximum absolute atomic E-state index is 13.7. The quantitative estimate of drug-likeness (QED) is 0.0701. The van der Waals surface area contributed by atoms with E-state index in [1.54, 1.807) is 56.1 Å². The van der Waals surface area contributed by atoms with Gasteiger partial charge in [0.25, 0.3) is 20.0 Å². The summed E-state index contributed by atoms with van der Waals surface area (Å²) in [6, 6.07) is 32.7. The molecular formula is C46H59IN8O8S2. The van der Waals surface area contributed by atoms with Crippen molar-refractivity contribution < 1.29 is 35.8 Å². The Morgan fingerprint density at radius 1 is 0.492 bits per heavy atom. The zero-order valence-corrected chi connectivity index (χ0v) is 42.0. The molecule has 0 atom stereocenters. The SMILES string of the molecule is COc1ccc(CN(Cc2ccc(OC)cc2)S(=O)(=O)c2cc(I)n(CCN(C)C)n2)cc1.COc1ccc(CN(Cc2ccc(OC)cc2)S(=O)(=O)c2ccn(CCN(C)C)n2)cc1. The van der Waals surface area contributed by atoms with Crippen molar-refractivity contribution in [3.05, 3.63) is 141 Å². The highest BCUT2D eigenvalue weighted by molar-refractivity contribution is 14.1. The van der Waals surface area contributed by atoms with Gasteiger partial charge < -0.3 is 28.7 Å². The molecule has 0 N–H and O–H groups in total. The summed E-state index contributed by atoms with van der Waals surface area (Å²) >= 11 is 2.13. The molecular weight excluding hydrogens is 984 g/mol. The number of hydrogen-bond acceptors (Lipinski definition) is 12. The smallest absolute Gasteiger partial charge is 0.263 e. The van der Waals surface area contributed by atoms with Crippen LogP contribution in [-0.4, -0.2) is 125 Å². The van der Waals surface area contributed by atoms with Crippen molar-refractivity contribution in [2.45, 2.75) is 49.3 Å². The van der Waals surface area contributed by atoms with Crippen LogP contribution in [0.5, 0.6) is 23.0 Å². The minimum atomic E-state index is -3.85. The molecule has 0 fully saturated rings. The Kier molecular flexibility index (Phi) is 18.8. The lowest BCUT2D eigenvalue weighted by atomic mass is 10.2. The fourth-order valence-electron chi connectivity index (χ4n) is 6.31. The largest absolute Gasteiger partial charge is 0.497 e. The Labute approximate surface area is 397 Å². The van der Waals surface area contributed by atoms with Gasteiger partial charge in [-0.05, 0) is 128 Å². The molecule has 0 spiro atoms. The molecule has 19 heteroatoms. The molecule has 65 heavy (non-hydrogen) atoms. The molecule has 16 nitrogen and oxygen atoms in total. The van der Waals surface area contributed by atoms with Crippen molar-refractivity contribution in [1.82, 2.24) is 38.0 Å². The van der Waals surface area contributed by atoms with Crippen molar-refractivity contribution in [3.63, 3.8) is 0 Å². The van der Waals surface area contributed by atoms with E-state index in [0.29, 0.717) is 13.1 Å². The molecule has 0 bridgehead atoms. The summed E-state index contributed by atoms with van der Waals surface area (Å²) in [5.41, 5.74) is 3.43. The van der Waals surface area contributed by atoms with Crippen molar-refractivity contribution in [2.75, 3.05) is 69.7 Å². The lowest BCUT2D eigenvalue weighted by Gasteiger charge is -2.21. The summed E-state index contributed by atoms with van der Waals surface area (Å²) in [5, 5.41) is 8.85. The van der Waals surface area contributed by atoms with Gasteiger partial charge in [-0.2, -0.15) is 18.8 Å². The summed E-state index contributed by atoms with van der Waals surface area (Å²) < 4.78 is 82.3. The van der Waals surface area contributed by atoms with Crippen LogP contribution in [0.15, 0.2) is 125 Å². The third-order valence-corrected chi connectivity index (χ3v) is 14.4. The molecule has 0 amide bonds. The summed E-state index contributed by atoms with van der Waals surface area (Å²) in [6.45, 7) is 3.59. The third-order valence-electron chi connectivity index (χ3n) is 10.1. The lowest BCUT2D eigenvalue weighted by molar-refractivity contribution is 0.367. The van der Waals surface area contributed by atoms with E-state index in [1.807, 2.05) is 135 Å². The Morgan fingerprint density at radius 3 is 1.17 bits per heavy atom. The van der Waals surface area contributed by atoms with E-state index in [9.17, 15) is 16.8 Å². The predicted octanol–water partition coefficient (Wildman–Crippen LogP) is 6.31. The predicted molar refractivity (Wildman–Crippen MR) is 259 cm³/mol. The summed E-state index contributed by atoms with van der Waals surface area (Å²) in [6.07, 6.45) is 1.70. The Bertz CT molecular complexity index is 2510. The van der Waals surface area contributed by atoms with E-state index in [0.717, 1.165) is 62.0 Å². The van der Waals surface area contributed by atoms with Gasteiger partial charge in [-0.1, -0.05) is 48.5 Å². The van der Waals surface area contributed by atoms with Gasteiger partial charge in [0.15, 0.2) is 10.1 Å². The second-order valence-corrected chi connectivity index (χ2v) is 20.4. The fourth-order valence-corrected chi connectivity index (χ4v) is 9.88. The zero-order valence-electron chi connectivity index (χ0n) is 38.2. The van der Waals surface area contributed by atoms with Crippen molar-refractivity contribution in [3.8, 4) is 23.0 Å². The normalized spacial score (nSPS) is 11.8. The van der Waals surface area contributed by atoms with Gasteiger partial charge >= 0.3 is 0 Å². The number of halogens is 1. The maximum Gasteiger partial charge on any atom is 0.263 e. The highest BCUT2D eigenvalue weighted by Crippen LogP contribution is 2.25. The van der Waals surface area contributed by atoms with Gasteiger partial charge in [-0.3, -0.25) is 9.36 Å². The topological polar surface area (TPSA) is 154 Å². The van der Waals surface area contributed by atoms with Crippen LogP contribution < -0.4 is 18.9 Å². The molecule has 0 aliphatic carbocycles. The molecule has 6 rings (SSSR count). The minimum Gasteiger partial charge on any atom is -0.497 e. The first-order valence-electron chi connectivity index (χ1n) is 20.6. The number of nitrogens with zero attached hydrogens (tertiary/aromatic N) is 8. The summed E-state index contributed by atoms with van der Waals surface area (Å²) in [7, 11) is 6.60. The standard InChI is InChI=1S/C23H29IN4O4S.C23H30N4O4S/c1-26(2)13-14-28-22(24)15-23(25-28)33(29,30)27(16-18-5-9-20(31-3)10-6-18)17-19-7-11-21(32-4)12-8-19;1-25(2)15-16-26-14-13-23(24-26)32(28,29)27(17-19-5-9-21(30-3)10-6-19)18-20-7-11-22(31-4)12-8-20/h5-12,15H,13-14,16-17H2,1-4H3;5-14H,15-18H2,1-4H3. The second-order valence-electron chi connectivity index (χ2n) is 15.5. The minimum absolute atomic E-state index is 0.0401. The van der Waals surface area contributed by atoms with Gasteiger partial charge in [-0.15, -0.1) is 0 Å². The molecule has 2 aromatic heterocycles. The highest BCUT2D eigenvalue weighted by Gasteiger charge is 2.30. The second kappa shape index (κ2) is 23.9.